The summed E-state index contributed by atoms with van der Waals surface area (Å²) in [6, 6.07) is 40.5. The van der Waals surface area contributed by atoms with Gasteiger partial charge in [0, 0.05) is 0 Å². The van der Waals surface area contributed by atoms with Crippen molar-refractivity contribution in [2.45, 2.75) is 71.3 Å². The molecule has 0 radical (unpaired) electrons. The van der Waals surface area contributed by atoms with Crippen LogP contribution in [0.15, 0.2) is 115 Å². The minimum atomic E-state index is -3.96. The van der Waals surface area contributed by atoms with Crippen molar-refractivity contribution in [3.63, 3.8) is 0 Å². The van der Waals surface area contributed by atoms with E-state index in [9.17, 15) is 0 Å². The molecule has 4 heteroatoms. The SMILES string of the molecule is Cc1ccc(C2OP(c3ccccc3)(c3ccccc3)(c3ccccc3)C2(OC(C)(C)C)OC(C)(C)C)cc1. The Balaban J connectivity index is 2.01. The van der Waals surface area contributed by atoms with E-state index in [4.69, 9.17) is 14.0 Å². The molecule has 0 saturated carbocycles. The van der Waals surface area contributed by atoms with Crippen LogP contribution >= 0.6 is 6.83 Å². The molecule has 0 amide bonds. The molecule has 1 fully saturated rings. The van der Waals surface area contributed by atoms with E-state index in [2.05, 4.69) is 164 Å². The summed E-state index contributed by atoms with van der Waals surface area (Å²) in [4.78, 5) is 0. The molecule has 1 unspecified atom stereocenters. The van der Waals surface area contributed by atoms with Crippen molar-refractivity contribution in [3.05, 3.63) is 126 Å². The van der Waals surface area contributed by atoms with Gasteiger partial charge in [-0.15, -0.1) is 0 Å². The van der Waals surface area contributed by atoms with Gasteiger partial charge in [-0.25, -0.2) is 0 Å². The zero-order chi connectivity index (χ0) is 28.0. The number of aryl methyl sites for hydroxylation is 1. The Morgan fingerprint density at radius 3 is 1.26 bits per heavy atom. The van der Waals surface area contributed by atoms with Gasteiger partial charge in [0.1, 0.15) is 0 Å². The zero-order valence-corrected chi connectivity index (χ0v) is 25.1. The predicted octanol–water partition coefficient (Wildman–Crippen LogP) is 7.80. The van der Waals surface area contributed by atoms with Crippen LogP contribution in [0.5, 0.6) is 0 Å². The van der Waals surface area contributed by atoms with E-state index in [0.29, 0.717) is 0 Å². The van der Waals surface area contributed by atoms with E-state index in [1.807, 2.05) is 0 Å². The Morgan fingerprint density at radius 1 is 0.564 bits per heavy atom. The number of rotatable bonds is 6. The second-order valence-corrected chi connectivity index (χ2v) is 17.0. The first-order valence-corrected chi connectivity index (χ1v) is 15.9. The fourth-order valence-corrected chi connectivity index (χ4v) is 12.8. The summed E-state index contributed by atoms with van der Waals surface area (Å²) < 4.78 is 22.5. The molecule has 0 aliphatic carbocycles. The van der Waals surface area contributed by atoms with Gasteiger partial charge >= 0.3 is 234 Å². The molecule has 39 heavy (non-hydrogen) atoms. The molecule has 4 aromatic rings. The van der Waals surface area contributed by atoms with E-state index in [1.165, 1.54) is 5.56 Å². The van der Waals surface area contributed by atoms with Gasteiger partial charge in [0.05, 0.1) is 0 Å². The summed E-state index contributed by atoms with van der Waals surface area (Å²) in [5, 5.41) is 3.24. The maximum atomic E-state index is 7.69. The summed E-state index contributed by atoms with van der Waals surface area (Å²) >= 11 is 0. The monoisotopic (exact) mass is 540 g/mol. The number of ether oxygens (including phenoxy) is 2. The maximum absolute atomic E-state index is 7.69. The molecule has 1 aliphatic heterocycles. The van der Waals surface area contributed by atoms with Crippen molar-refractivity contribution in [2.75, 3.05) is 0 Å². The molecule has 5 rings (SSSR count). The average molecular weight is 541 g/mol. The Hall–Kier alpha value is -2.81. The number of benzene rings is 4. The molecule has 0 spiro atoms. The third kappa shape index (κ3) is 4.28. The topological polar surface area (TPSA) is 27.7 Å². The Labute approximate surface area is 234 Å². The van der Waals surface area contributed by atoms with Crippen LogP contribution < -0.4 is 15.9 Å². The molecular weight excluding hydrogens is 499 g/mol. The minimum absolute atomic E-state index is 0.463. The first-order chi connectivity index (χ1) is 18.4. The molecule has 1 atom stereocenters. The van der Waals surface area contributed by atoms with Crippen LogP contribution in [0.4, 0.5) is 0 Å². The second-order valence-electron chi connectivity index (χ2n) is 12.5. The van der Waals surface area contributed by atoms with Crippen molar-refractivity contribution in [1.29, 1.82) is 0 Å². The van der Waals surface area contributed by atoms with Crippen LogP contribution in [0, 0.1) is 6.92 Å². The Kier molecular flexibility index (Phi) is 6.89. The molecule has 204 valence electrons. The first kappa shape index (κ1) is 27.7. The summed E-state index contributed by atoms with van der Waals surface area (Å²) in [7, 11) is 0. The fraction of sp³-hybridized carbons (Fsp3) is 0.314. The van der Waals surface area contributed by atoms with Gasteiger partial charge < -0.3 is 0 Å². The van der Waals surface area contributed by atoms with Gasteiger partial charge in [0.15, 0.2) is 0 Å². The number of hydrogen-bond acceptors (Lipinski definition) is 3. The normalized spacial score (nSPS) is 20.8. The van der Waals surface area contributed by atoms with E-state index in [1.54, 1.807) is 0 Å². The molecule has 3 nitrogen and oxygen atoms in total. The van der Waals surface area contributed by atoms with Crippen molar-refractivity contribution < 1.29 is 14.0 Å². The third-order valence-electron chi connectivity index (χ3n) is 7.27. The van der Waals surface area contributed by atoms with Crippen LogP contribution in [0.1, 0.15) is 58.8 Å². The van der Waals surface area contributed by atoms with Crippen LogP contribution in [-0.2, 0) is 14.0 Å². The molecule has 0 bridgehead atoms. The quantitative estimate of drug-likeness (QED) is 0.185. The van der Waals surface area contributed by atoms with Crippen molar-refractivity contribution in [2.24, 2.45) is 0 Å². The standard InChI is InChI=1S/C35H41O3P/c1-27-23-25-28(26-24-27)32-35(37-33(2,3)4,38-34(5,6)7)39(36-32,29-17-11-8-12-18-29,30-19-13-9-14-20-30)31-21-15-10-16-22-31/h8-26,32H,1-7H3. The molecule has 1 heterocycles. The molecule has 4 aromatic carbocycles. The molecule has 1 aliphatic rings. The zero-order valence-electron chi connectivity index (χ0n) is 24.2. The second kappa shape index (κ2) is 9.68. The summed E-state index contributed by atoms with van der Waals surface area (Å²) in [6.45, 7) is 10.8. The van der Waals surface area contributed by atoms with Gasteiger partial charge in [-0.3, -0.25) is 0 Å². The van der Waals surface area contributed by atoms with E-state index in [0.717, 1.165) is 21.5 Å². The van der Waals surface area contributed by atoms with E-state index < -0.39 is 29.7 Å². The van der Waals surface area contributed by atoms with Crippen molar-refractivity contribution >= 4 is 22.7 Å². The average Bonchev–Trinajstić information content (AvgIpc) is 2.89. The summed E-state index contributed by atoms with van der Waals surface area (Å²) in [5.74, 6) is 0. The van der Waals surface area contributed by atoms with Crippen molar-refractivity contribution in [3.8, 4) is 0 Å². The van der Waals surface area contributed by atoms with Gasteiger partial charge in [0.2, 0.25) is 0 Å². The van der Waals surface area contributed by atoms with Crippen LogP contribution in [-0.4, -0.2) is 16.7 Å². The van der Waals surface area contributed by atoms with Gasteiger partial charge in [-0.1, -0.05) is 0 Å². The fourth-order valence-electron chi connectivity index (χ4n) is 6.02. The van der Waals surface area contributed by atoms with Crippen molar-refractivity contribution in [1.82, 2.24) is 0 Å². The van der Waals surface area contributed by atoms with Crippen LogP contribution in [0.2, 0.25) is 0 Å². The first-order valence-electron chi connectivity index (χ1n) is 13.8. The van der Waals surface area contributed by atoms with Crippen LogP contribution in [0.25, 0.3) is 0 Å². The Bertz CT molecular complexity index is 1290. The third-order valence-corrected chi connectivity index (χ3v) is 13.4. The Morgan fingerprint density at radius 2 is 0.923 bits per heavy atom. The van der Waals surface area contributed by atoms with E-state index in [-0.39, 0.29) is 0 Å². The van der Waals surface area contributed by atoms with Gasteiger partial charge in [-0.2, -0.15) is 0 Å². The van der Waals surface area contributed by atoms with Gasteiger partial charge in [0.25, 0.3) is 0 Å². The molecule has 1 saturated heterocycles. The summed E-state index contributed by atoms with van der Waals surface area (Å²) in [5.41, 5.74) is -0.0126. The number of hydrogen-bond donors (Lipinski definition) is 0. The molecule has 0 N–H and O–H groups in total. The molecular formula is C35H41O3P. The summed E-state index contributed by atoms with van der Waals surface area (Å²) in [6.07, 6.45) is -0.463. The predicted molar refractivity (Wildman–Crippen MR) is 165 cm³/mol. The van der Waals surface area contributed by atoms with Gasteiger partial charge in [-0.05, 0) is 0 Å². The van der Waals surface area contributed by atoms with Crippen LogP contribution in [0.3, 0.4) is 0 Å². The van der Waals surface area contributed by atoms with E-state index >= 15 is 0 Å². The molecule has 0 aromatic heterocycles.